The van der Waals surface area contributed by atoms with Gasteiger partial charge in [-0.1, -0.05) is 13.8 Å². The van der Waals surface area contributed by atoms with Gasteiger partial charge < -0.3 is 5.73 Å². The molecule has 0 aromatic heterocycles. The second kappa shape index (κ2) is 2.01. The average molecular weight is 153 g/mol. The maximum absolute atomic E-state index is 5.87. The second-order valence-electron chi connectivity index (χ2n) is 4.96. The van der Waals surface area contributed by atoms with Crippen molar-refractivity contribution in [2.24, 2.45) is 22.5 Å². The van der Waals surface area contributed by atoms with E-state index < -0.39 is 0 Å². The molecule has 0 saturated heterocycles. The largest absolute Gasteiger partial charge is 0.330 e. The minimum atomic E-state index is 0.479. The maximum atomic E-state index is 5.87. The molecule has 64 valence electrons. The van der Waals surface area contributed by atoms with Crippen LogP contribution in [0.25, 0.3) is 0 Å². The Hall–Kier alpha value is -0.0400. The third kappa shape index (κ3) is 0.703. The summed E-state index contributed by atoms with van der Waals surface area (Å²) in [4.78, 5) is 0. The summed E-state index contributed by atoms with van der Waals surface area (Å²) in [6.07, 6.45) is 5.71. The Bertz CT molecular complexity index is 168. The molecule has 2 saturated carbocycles. The van der Waals surface area contributed by atoms with E-state index in [-0.39, 0.29) is 0 Å². The minimum Gasteiger partial charge on any atom is -0.330 e. The van der Waals surface area contributed by atoms with Crippen LogP contribution in [0, 0.1) is 16.7 Å². The van der Waals surface area contributed by atoms with E-state index in [2.05, 4.69) is 13.8 Å². The van der Waals surface area contributed by atoms with E-state index in [0.29, 0.717) is 10.8 Å². The van der Waals surface area contributed by atoms with Crippen molar-refractivity contribution in [2.75, 3.05) is 6.54 Å². The van der Waals surface area contributed by atoms with Gasteiger partial charge in [-0.25, -0.2) is 0 Å². The van der Waals surface area contributed by atoms with Gasteiger partial charge in [0.2, 0.25) is 0 Å². The van der Waals surface area contributed by atoms with Crippen molar-refractivity contribution in [3.8, 4) is 0 Å². The quantitative estimate of drug-likeness (QED) is 0.614. The Kier molecular flexibility index (Phi) is 1.39. The fourth-order valence-corrected chi connectivity index (χ4v) is 3.37. The van der Waals surface area contributed by atoms with E-state index in [1.165, 1.54) is 25.7 Å². The molecule has 2 bridgehead atoms. The summed E-state index contributed by atoms with van der Waals surface area (Å²) in [5.74, 6) is 0.942. The molecule has 11 heavy (non-hydrogen) atoms. The summed E-state index contributed by atoms with van der Waals surface area (Å²) in [5, 5.41) is 0. The van der Waals surface area contributed by atoms with Gasteiger partial charge in [0.15, 0.2) is 0 Å². The van der Waals surface area contributed by atoms with E-state index in [4.69, 9.17) is 5.73 Å². The number of fused-ring (bicyclic) bond motifs is 2. The molecule has 1 unspecified atom stereocenters. The number of hydrogen-bond donors (Lipinski definition) is 1. The molecule has 0 aromatic rings. The highest BCUT2D eigenvalue weighted by Crippen LogP contribution is 2.65. The highest BCUT2D eigenvalue weighted by Gasteiger charge is 2.57. The van der Waals surface area contributed by atoms with Crippen LogP contribution in [0.15, 0.2) is 0 Å². The Morgan fingerprint density at radius 1 is 1.27 bits per heavy atom. The van der Waals surface area contributed by atoms with Gasteiger partial charge in [-0.15, -0.1) is 0 Å². The highest BCUT2D eigenvalue weighted by atomic mass is 14.7. The number of hydrogen-bond acceptors (Lipinski definition) is 1. The van der Waals surface area contributed by atoms with Crippen LogP contribution in [-0.4, -0.2) is 6.54 Å². The lowest BCUT2D eigenvalue weighted by atomic mass is 9.69. The van der Waals surface area contributed by atoms with E-state index in [1.54, 1.807) is 0 Å². The van der Waals surface area contributed by atoms with Crippen molar-refractivity contribution in [3.05, 3.63) is 0 Å². The predicted octanol–water partition coefficient (Wildman–Crippen LogP) is 2.16. The summed E-state index contributed by atoms with van der Waals surface area (Å²) >= 11 is 0. The van der Waals surface area contributed by atoms with Crippen LogP contribution in [0.2, 0.25) is 0 Å². The van der Waals surface area contributed by atoms with E-state index in [0.717, 1.165) is 12.5 Å². The molecule has 1 nitrogen and oxygen atoms in total. The molecule has 2 aliphatic carbocycles. The molecule has 2 aliphatic rings. The Morgan fingerprint density at radius 2 is 1.82 bits per heavy atom. The first-order valence-electron chi connectivity index (χ1n) is 4.82. The van der Waals surface area contributed by atoms with Crippen LogP contribution in [0.4, 0.5) is 0 Å². The van der Waals surface area contributed by atoms with Gasteiger partial charge in [-0.3, -0.25) is 0 Å². The monoisotopic (exact) mass is 153 g/mol. The zero-order valence-electron chi connectivity index (χ0n) is 7.69. The normalized spacial score (nSPS) is 55.4. The molecule has 1 heteroatoms. The summed E-state index contributed by atoms with van der Waals surface area (Å²) in [5.41, 5.74) is 6.94. The lowest BCUT2D eigenvalue weighted by Gasteiger charge is -2.36. The Morgan fingerprint density at radius 3 is 2.00 bits per heavy atom. The maximum Gasteiger partial charge on any atom is -0.00153 e. The molecule has 1 atom stereocenters. The second-order valence-corrected chi connectivity index (χ2v) is 4.96. The Balaban J connectivity index is 2.34. The SMILES string of the molecule is CC12CCC(CC1)C2(C)CN. The van der Waals surface area contributed by atoms with Crippen molar-refractivity contribution < 1.29 is 0 Å². The Labute approximate surface area is 69.4 Å². The summed E-state index contributed by atoms with van der Waals surface area (Å²) in [6, 6.07) is 0. The van der Waals surface area contributed by atoms with Crippen molar-refractivity contribution in [2.45, 2.75) is 39.5 Å². The van der Waals surface area contributed by atoms with Gasteiger partial charge in [-0.2, -0.15) is 0 Å². The van der Waals surface area contributed by atoms with Gasteiger partial charge >= 0.3 is 0 Å². The third-order valence-electron chi connectivity index (χ3n) is 4.79. The first-order chi connectivity index (χ1) is 5.12. The zero-order chi connectivity index (χ0) is 8.11. The highest BCUT2D eigenvalue weighted by molar-refractivity contribution is 5.08. The molecular formula is C10H19N. The van der Waals surface area contributed by atoms with Gasteiger partial charge in [0.1, 0.15) is 0 Å². The molecule has 0 amide bonds. The number of rotatable bonds is 1. The molecular weight excluding hydrogens is 134 g/mol. The van der Waals surface area contributed by atoms with Crippen LogP contribution < -0.4 is 5.73 Å². The topological polar surface area (TPSA) is 26.0 Å². The molecule has 0 aromatic carbocycles. The lowest BCUT2D eigenvalue weighted by Crippen LogP contribution is -2.37. The van der Waals surface area contributed by atoms with Crippen molar-refractivity contribution in [1.82, 2.24) is 0 Å². The summed E-state index contributed by atoms with van der Waals surface area (Å²) in [6.45, 7) is 5.73. The molecule has 2 rings (SSSR count). The smallest absolute Gasteiger partial charge is 0.00153 e. The van der Waals surface area contributed by atoms with Gasteiger partial charge in [0.25, 0.3) is 0 Å². The molecule has 0 heterocycles. The molecule has 0 spiro atoms. The number of nitrogens with two attached hydrogens (primary N) is 1. The van der Waals surface area contributed by atoms with E-state index in [1.807, 2.05) is 0 Å². The summed E-state index contributed by atoms with van der Waals surface area (Å²) < 4.78 is 0. The van der Waals surface area contributed by atoms with Crippen LogP contribution in [-0.2, 0) is 0 Å². The fourth-order valence-electron chi connectivity index (χ4n) is 3.37. The lowest BCUT2D eigenvalue weighted by molar-refractivity contribution is 0.137. The predicted molar refractivity (Wildman–Crippen MR) is 47.2 cm³/mol. The van der Waals surface area contributed by atoms with Gasteiger partial charge in [-0.05, 0) is 49.0 Å². The standard InChI is InChI=1S/C10H19N/c1-9-5-3-8(4-6-9)10(9,2)7-11/h8H,3-7,11H2,1-2H3. The van der Waals surface area contributed by atoms with Gasteiger partial charge in [0, 0.05) is 0 Å². The summed E-state index contributed by atoms with van der Waals surface area (Å²) in [7, 11) is 0. The molecule has 2 N–H and O–H groups in total. The van der Waals surface area contributed by atoms with Crippen LogP contribution in [0.5, 0.6) is 0 Å². The molecule has 0 aliphatic heterocycles. The average Bonchev–Trinajstić information content (AvgIpc) is 2.39. The van der Waals surface area contributed by atoms with Crippen LogP contribution in [0.3, 0.4) is 0 Å². The van der Waals surface area contributed by atoms with E-state index in [9.17, 15) is 0 Å². The van der Waals surface area contributed by atoms with Crippen LogP contribution >= 0.6 is 0 Å². The van der Waals surface area contributed by atoms with Crippen molar-refractivity contribution in [1.29, 1.82) is 0 Å². The molecule has 2 fully saturated rings. The van der Waals surface area contributed by atoms with E-state index >= 15 is 0 Å². The fraction of sp³-hybridized carbons (Fsp3) is 1.00. The molecule has 0 radical (unpaired) electrons. The van der Waals surface area contributed by atoms with Crippen LogP contribution in [0.1, 0.15) is 39.5 Å². The first-order valence-corrected chi connectivity index (χ1v) is 4.82. The zero-order valence-corrected chi connectivity index (χ0v) is 7.69. The third-order valence-corrected chi connectivity index (χ3v) is 4.79. The first kappa shape index (κ1) is 7.60. The van der Waals surface area contributed by atoms with Gasteiger partial charge in [0.05, 0.1) is 0 Å². The minimum absolute atomic E-state index is 0.479. The van der Waals surface area contributed by atoms with Crippen molar-refractivity contribution >= 4 is 0 Å². The van der Waals surface area contributed by atoms with Crippen molar-refractivity contribution in [3.63, 3.8) is 0 Å².